The molecule has 1 fully saturated rings. The Labute approximate surface area is 160 Å². The lowest BCUT2D eigenvalue weighted by Crippen LogP contribution is -2.53. The molecule has 1 saturated heterocycles. The molecule has 0 radical (unpaired) electrons. The van der Waals surface area contributed by atoms with E-state index in [1.807, 2.05) is 12.1 Å². The van der Waals surface area contributed by atoms with Gasteiger partial charge in [0.05, 0.1) is 7.11 Å². The molecule has 1 N–H and O–H groups in total. The number of benzene rings is 1. The van der Waals surface area contributed by atoms with E-state index < -0.39 is 0 Å². The van der Waals surface area contributed by atoms with Gasteiger partial charge in [0.25, 0.3) is 0 Å². The van der Waals surface area contributed by atoms with Crippen molar-refractivity contribution in [2.24, 2.45) is 10.9 Å². The van der Waals surface area contributed by atoms with E-state index in [9.17, 15) is 4.39 Å². The fourth-order valence-electron chi connectivity index (χ4n) is 4.29. The van der Waals surface area contributed by atoms with Gasteiger partial charge in [0.15, 0.2) is 11.6 Å². The number of hydrazine groups is 1. The third kappa shape index (κ3) is 3.53. The van der Waals surface area contributed by atoms with Crippen molar-refractivity contribution in [3.8, 4) is 5.75 Å². The van der Waals surface area contributed by atoms with Gasteiger partial charge in [-0.25, -0.2) is 14.4 Å². The Morgan fingerprint density at radius 3 is 3.04 bits per heavy atom. The normalized spacial score (nSPS) is 26.3. The summed E-state index contributed by atoms with van der Waals surface area (Å²) in [7, 11) is 3.57. The summed E-state index contributed by atoms with van der Waals surface area (Å²) in [5.74, 6) is 1.43. The highest BCUT2D eigenvalue weighted by Gasteiger charge is 2.36. The number of hydrogen-bond donors (Lipinski definition) is 1. The number of guanidine groups is 1. The highest BCUT2D eigenvalue weighted by molar-refractivity contribution is 5.84. The molecule has 0 spiro atoms. The molecular formula is C20H28FN5O. The zero-order chi connectivity index (χ0) is 19.0. The second kappa shape index (κ2) is 7.48. The van der Waals surface area contributed by atoms with Gasteiger partial charge in [-0.05, 0) is 38.5 Å². The molecule has 6 nitrogen and oxygen atoms in total. The zero-order valence-corrected chi connectivity index (χ0v) is 16.3. The molecule has 2 unspecified atom stereocenters. The number of nitrogens with zero attached hydrogens (tertiary/aromatic N) is 4. The zero-order valence-electron chi connectivity index (χ0n) is 16.3. The van der Waals surface area contributed by atoms with Crippen molar-refractivity contribution in [2.75, 3.05) is 33.9 Å². The minimum Gasteiger partial charge on any atom is -0.494 e. The summed E-state index contributed by atoms with van der Waals surface area (Å²) in [4.78, 5) is 6.94. The van der Waals surface area contributed by atoms with E-state index >= 15 is 0 Å². The van der Waals surface area contributed by atoms with Crippen LogP contribution in [0.25, 0.3) is 0 Å². The Bertz CT molecular complexity index is 765. The average molecular weight is 373 g/mol. The predicted octanol–water partition coefficient (Wildman–Crippen LogP) is 2.40. The number of hydrogen-bond acceptors (Lipinski definition) is 6. The Morgan fingerprint density at radius 1 is 1.37 bits per heavy atom. The minimum absolute atomic E-state index is 0.245. The highest BCUT2D eigenvalue weighted by atomic mass is 19.1. The summed E-state index contributed by atoms with van der Waals surface area (Å²) >= 11 is 0. The lowest BCUT2D eigenvalue weighted by molar-refractivity contribution is 0.0939. The second-order valence-corrected chi connectivity index (χ2v) is 7.62. The fourth-order valence-corrected chi connectivity index (χ4v) is 4.29. The quantitative estimate of drug-likeness (QED) is 0.878. The number of aliphatic imine (C=N–C) groups is 1. The molecule has 7 heteroatoms. The number of piperidine rings is 1. The first-order valence-electron chi connectivity index (χ1n) is 9.64. The van der Waals surface area contributed by atoms with Gasteiger partial charge >= 0.3 is 0 Å². The molecule has 0 amide bonds. The van der Waals surface area contributed by atoms with Crippen LogP contribution in [0.3, 0.4) is 0 Å². The van der Waals surface area contributed by atoms with Crippen LogP contribution in [-0.4, -0.2) is 60.8 Å². The molecular weight excluding hydrogens is 345 g/mol. The maximum atomic E-state index is 14.6. The predicted molar refractivity (Wildman–Crippen MR) is 104 cm³/mol. The molecule has 27 heavy (non-hydrogen) atoms. The van der Waals surface area contributed by atoms with Gasteiger partial charge in [-0.15, -0.1) is 0 Å². The van der Waals surface area contributed by atoms with Crippen LogP contribution in [0, 0.1) is 11.7 Å². The molecule has 3 heterocycles. The number of ether oxygens (including phenoxy) is 1. The lowest BCUT2D eigenvalue weighted by atomic mass is 9.92. The van der Waals surface area contributed by atoms with Crippen LogP contribution in [0.5, 0.6) is 5.75 Å². The first-order chi connectivity index (χ1) is 13.1. The van der Waals surface area contributed by atoms with Crippen molar-refractivity contribution in [1.29, 1.82) is 0 Å². The third-order valence-corrected chi connectivity index (χ3v) is 5.57. The van der Waals surface area contributed by atoms with Crippen LogP contribution in [-0.2, 0) is 6.54 Å². The molecule has 2 atom stereocenters. The van der Waals surface area contributed by atoms with Gasteiger partial charge < -0.3 is 10.1 Å². The number of likely N-dealkylation sites (tertiary alicyclic amines) is 1. The maximum Gasteiger partial charge on any atom is 0.215 e. The number of halogens is 1. The first-order valence-corrected chi connectivity index (χ1v) is 9.64. The number of fused-ring (bicyclic) bond motifs is 1. The Kier molecular flexibility index (Phi) is 5.06. The highest BCUT2D eigenvalue weighted by Crippen LogP contribution is 2.32. The van der Waals surface area contributed by atoms with Gasteiger partial charge in [0.1, 0.15) is 6.67 Å². The topological polar surface area (TPSA) is 43.3 Å². The summed E-state index contributed by atoms with van der Waals surface area (Å²) < 4.78 is 19.7. The standard InChI is InChI=1S/C20H28FN5O/c1-14-10-17(26-20(23-14)22-13-24(26)2)15-7-5-9-25(11-15)12-16-6-4-8-18(27-3)19(16)21/h4,6,8,10,14-15H,5,7,9,11-13H2,1-3H3,(H,22,23). The molecule has 3 aliphatic heterocycles. The van der Waals surface area contributed by atoms with Crippen molar-refractivity contribution >= 4 is 5.96 Å². The first kappa shape index (κ1) is 18.3. The molecule has 3 aliphatic rings. The van der Waals surface area contributed by atoms with Crippen LogP contribution in [0.1, 0.15) is 25.3 Å². The minimum atomic E-state index is -0.245. The molecule has 1 aromatic rings. The van der Waals surface area contributed by atoms with Crippen molar-refractivity contribution in [3.05, 3.63) is 41.4 Å². The largest absolute Gasteiger partial charge is 0.494 e. The summed E-state index contributed by atoms with van der Waals surface area (Å²) in [6.07, 6.45) is 4.56. The van der Waals surface area contributed by atoms with E-state index in [0.717, 1.165) is 31.9 Å². The number of nitrogens with one attached hydrogen (secondary N) is 1. The van der Waals surface area contributed by atoms with Crippen molar-refractivity contribution in [3.63, 3.8) is 0 Å². The summed E-state index contributed by atoms with van der Waals surface area (Å²) in [6.45, 7) is 5.36. The number of rotatable bonds is 4. The monoisotopic (exact) mass is 373 g/mol. The Hall–Kier alpha value is -2.12. The molecule has 4 rings (SSSR count). The Balaban J connectivity index is 1.51. The van der Waals surface area contributed by atoms with Crippen molar-refractivity contribution < 1.29 is 9.13 Å². The third-order valence-electron chi connectivity index (χ3n) is 5.57. The van der Waals surface area contributed by atoms with E-state index in [4.69, 9.17) is 4.74 Å². The molecule has 0 bridgehead atoms. The van der Waals surface area contributed by atoms with Gasteiger partial charge in [-0.2, -0.15) is 5.01 Å². The lowest BCUT2D eigenvalue weighted by Gasteiger charge is -2.42. The van der Waals surface area contributed by atoms with Gasteiger partial charge in [0.2, 0.25) is 5.96 Å². The molecule has 146 valence electrons. The smallest absolute Gasteiger partial charge is 0.215 e. The molecule has 0 aromatic heterocycles. The molecule has 0 aliphatic carbocycles. The van der Waals surface area contributed by atoms with Crippen LogP contribution < -0.4 is 10.1 Å². The van der Waals surface area contributed by atoms with E-state index in [1.165, 1.54) is 12.8 Å². The average Bonchev–Trinajstić information content (AvgIpc) is 3.04. The van der Waals surface area contributed by atoms with E-state index in [1.54, 1.807) is 6.07 Å². The fraction of sp³-hybridized carbons (Fsp3) is 0.550. The van der Waals surface area contributed by atoms with Gasteiger partial charge in [0, 0.05) is 43.4 Å². The molecule has 1 aromatic carbocycles. The van der Waals surface area contributed by atoms with Crippen LogP contribution in [0.2, 0.25) is 0 Å². The van der Waals surface area contributed by atoms with Gasteiger partial charge in [-0.1, -0.05) is 12.1 Å². The Morgan fingerprint density at radius 2 is 2.22 bits per heavy atom. The van der Waals surface area contributed by atoms with Crippen LogP contribution in [0.15, 0.2) is 35.0 Å². The van der Waals surface area contributed by atoms with Crippen LogP contribution in [0.4, 0.5) is 4.39 Å². The van der Waals surface area contributed by atoms with Crippen molar-refractivity contribution in [2.45, 2.75) is 32.4 Å². The van der Waals surface area contributed by atoms with E-state index in [0.29, 0.717) is 30.4 Å². The number of methoxy groups -OCH3 is 1. The van der Waals surface area contributed by atoms with Crippen LogP contribution >= 0.6 is 0 Å². The maximum absolute atomic E-state index is 14.6. The van der Waals surface area contributed by atoms with Crippen molar-refractivity contribution in [1.82, 2.24) is 20.2 Å². The summed E-state index contributed by atoms with van der Waals surface area (Å²) in [5.41, 5.74) is 2.01. The summed E-state index contributed by atoms with van der Waals surface area (Å²) in [5, 5.41) is 7.78. The summed E-state index contributed by atoms with van der Waals surface area (Å²) in [6, 6.07) is 5.65. The SMILES string of the molecule is COc1cccc(CN2CCCC(C3=CC(C)NC4=NCN(C)N34)C2)c1F. The van der Waals surface area contributed by atoms with E-state index in [-0.39, 0.29) is 11.9 Å². The van der Waals surface area contributed by atoms with E-state index in [2.05, 4.69) is 45.3 Å². The van der Waals surface area contributed by atoms with Gasteiger partial charge in [-0.3, -0.25) is 4.90 Å². The molecule has 0 saturated carbocycles. The second-order valence-electron chi connectivity index (χ2n) is 7.62.